The number of imide groups is 1. The quantitative estimate of drug-likeness (QED) is 0.577. The number of benzene rings is 1. The largest absolute Gasteiger partial charge is 0.338 e. The average Bonchev–Trinajstić information content (AvgIpc) is 2.90. The van der Waals surface area contributed by atoms with Crippen LogP contribution in [0.5, 0.6) is 0 Å². The van der Waals surface area contributed by atoms with Crippen molar-refractivity contribution in [3.05, 3.63) is 34.7 Å². The van der Waals surface area contributed by atoms with Gasteiger partial charge in [0.15, 0.2) is 0 Å². The fraction of sp³-hybridized carbons (Fsp3) is 0.421. The molecule has 2 fully saturated rings. The number of rotatable bonds is 4. The van der Waals surface area contributed by atoms with Crippen molar-refractivity contribution in [3.8, 4) is 0 Å². The van der Waals surface area contributed by atoms with E-state index in [1.165, 1.54) is 0 Å². The summed E-state index contributed by atoms with van der Waals surface area (Å²) in [5.74, 6) is -0.531. The van der Waals surface area contributed by atoms with Gasteiger partial charge in [-0.1, -0.05) is 12.1 Å². The molecule has 2 aliphatic rings. The molecule has 1 atom stereocenters. The summed E-state index contributed by atoms with van der Waals surface area (Å²) in [6, 6.07) is 7.95. The number of likely N-dealkylation sites (tertiary alicyclic amines) is 1. The van der Waals surface area contributed by atoms with Gasteiger partial charge in [-0.3, -0.25) is 19.3 Å². The number of carbonyl (C=O) groups excluding carboxylic acids is 3. The van der Waals surface area contributed by atoms with Gasteiger partial charge in [0.05, 0.1) is 4.91 Å². The van der Waals surface area contributed by atoms with Crippen LogP contribution in [0.1, 0.15) is 31.7 Å². The van der Waals surface area contributed by atoms with Crippen molar-refractivity contribution >= 4 is 46.7 Å². The van der Waals surface area contributed by atoms with E-state index in [1.54, 1.807) is 22.7 Å². The van der Waals surface area contributed by atoms with Crippen molar-refractivity contribution in [2.75, 3.05) is 19.3 Å². The first-order chi connectivity index (χ1) is 12.5. The van der Waals surface area contributed by atoms with E-state index in [2.05, 4.69) is 0 Å². The number of hydrogen-bond donors (Lipinski definition) is 0. The summed E-state index contributed by atoms with van der Waals surface area (Å²) in [6.07, 6.45) is 6.78. The van der Waals surface area contributed by atoms with E-state index >= 15 is 0 Å². The standard InChI is InChI=1S/C19H22N2O3S2/c1-13-5-3-4-10-20(13)17(22)12-21-18(23)16(26-19(21)24)11-14-6-8-15(25-2)9-7-14/h6-9,11,13H,3-5,10,12H2,1-2H3/b16-11-/t13-/m0/s1. The summed E-state index contributed by atoms with van der Waals surface area (Å²) in [5.41, 5.74) is 0.865. The third-order valence-corrected chi connectivity index (χ3v) is 6.35. The summed E-state index contributed by atoms with van der Waals surface area (Å²) in [7, 11) is 0. The van der Waals surface area contributed by atoms with Crippen molar-refractivity contribution in [1.29, 1.82) is 0 Å². The van der Waals surface area contributed by atoms with Gasteiger partial charge >= 0.3 is 0 Å². The second-order valence-corrected chi connectivity index (χ2v) is 8.35. The van der Waals surface area contributed by atoms with Crippen LogP contribution in [0.15, 0.2) is 34.1 Å². The molecule has 2 heterocycles. The third-order valence-electron chi connectivity index (χ3n) is 4.70. The Kier molecular flexibility index (Phi) is 6.09. The van der Waals surface area contributed by atoms with Crippen LogP contribution < -0.4 is 0 Å². The number of nitrogens with zero attached hydrogens (tertiary/aromatic N) is 2. The molecule has 26 heavy (non-hydrogen) atoms. The Bertz CT molecular complexity index is 746. The summed E-state index contributed by atoms with van der Waals surface area (Å²) >= 11 is 2.54. The van der Waals surface area contributed by atoms with Crippen molar-refractivity contribution in [2.24, 2.45) is 0 Å². The number of amides is 3. The molecule has 5 nitrogen and oxygen atoms in total. The molecule has 138 valence electrons. The van der Waals surface area contributed by atoms with Gasteiger partial charge in [-0.25, -0.2) is 0 Å². The maximum Gasteiger partial charge on any atom is 0.294 e. The third kappa shape index (κ3) is 4.15. The van der Waals surface area contributed by atoms with Crippen molar-refractivity contribution in [2.45, 2.75) is 37.1 Å². The van der Waals surface area contributed by atoms with Gasteiger partial charge in [0.25, 0.3) is 11.1 Å². The summed E-state index contributed by atoms with van der Waals surface area (Å²) in [6.45, 7) is 2.55. The Morgan fingerprint density at radius 2 is 2.00 bits per heavy atom. The van der Waals surface area contributed by atoms with Gasteiger partial charge in [0.2, 0.25) is 5.91 Å². The SMILES string of the molecule is CSc1ccc(/C=C2\SC(=O)N(CC(=O)N3CCCC[C@@H]3C)C2=O)cc1. The second kappa shape index (κ2) is 8.31. The van der Waals surface area contributed by atoms with Crippen LogP contribution in [0.3, 0.4) is 0 Å². The van der Waals surface area contributed by atoms with Crippen LogP contribution in [0.25, 0.3) is 6.08 Å². The molecule has 2 saturated heterocycles. The predicted octanol–water partition coefficient (Wildman–Crippen LogP) is 3.85. The number of carbonyl (C=O) groups is 3. The lowest BCUT2D eigenvalue weighted by Gasteiger charge is -2.34. The number of thioether (sulfide) groups is 2. The molecule has 0 saturated carbocycles. The van der Waals surface area contributed by atoms with Gasteiger partial charge in [-0.2, -0.15) is 0 Å². The van der Waals surface area contributed by atoms with Gasteiger partial charge < -0.3 is 4.90 Å². The lowest BCUT2D eigenvalue weighted by molar-refractivity contribution is -0.138. The van der Waals surface area contributed by atoms with Gasteiger partial charge in [0, 0.05) is 17.5 Å². The Labute approximate surface area is 162 Å². The van der Waals surface area contributed by atoms with Gasteiger partial charge in [-0.15, -0.1) is 11.8 Å². The van der Waals surface area contributed by atoms with Crippen LogP contribution >= 0.6 is 23.5 Å². The highest BCUT2D eigenvalue weighted by molar-refractivity contribution is 8.18. The van der Waals surface area contributed by atoms with E-state index in [1.807, 2.05) is 37.4 Å². The molecule has 2 aliphatic heterocycles. The molecule has 0 aromatic heterocycles. The smallest absolute Gasteiger partial charge is 0.294 e. The molecule has 0 bridgehead atoms. The van der Waals surface area contributed by atoms with E-state index in [0.717, 1.165) is 46.4 Å². The molecule has 0 radical (unpaired) electrons. The summed E-state index contributed by atoms with van der Waals surface area (Å²) < 4.78 is 0. The normalized spacial score (nSPS) is 22.4. The molecule has 0 aliphatic carbocycles. The van der Waals surface area contributed by atoms with E-state index in [4.69, 9.17) is 0 Å². The summed E-state index contributed by atoms with van der Waals surface area (Å²) in [5, 5.41) is -0.375. The Hall–Kier alpha value is -1.73. The fourth-order valence-corrected chi connectivity index (χ4v) is 4.43. The maximum absolute atomic E-state index is 12.6. The zero-order chi connectivity index (χ0) is 18.7. The number of hydrogen-bond acceptors (Lipinski definition) is 5. The minimum Gasteiger partial charge on any atom is -0.338 e. The van der Waals surface area contributed by atoms with E-state index in [-0.39, 0.29) is 29.6 Å². The summed E-state index contributed by atoms with van der Waals surface area (Å²) in [4.78, 5) is 41.7. The van der Waals surface area contributed by atoms with E-state index in [9.17, 15) is 14.4 Å². The van der Waals surface area contributed by atoms with Crippen molar-refractivity contribution in [3.63, 3.8) is 0 Å². The Balaban J connectivity index is 1.69. The first-order valence-corrected chi connectivity index (χ1v) is 10.7. The topological polar surface area (TPSA) is 57.7 Å². The van der Waals surface area contributed by atoms with E-state index < -0.39 is 0 Å². The Morgan fingerprint density at radius 1 is 1.27 bits per heavy atom. The minimum atomic E-state index is -0.382. The molecule has 7 heteroatoms. The lowest BCUT2D eigenvalue weighted by Crippen LogP contribution is -2.47. The first kappa shape index (κ1) is 19.0. The highest BCUT2D eigenvalue weighted by Gasteiger charge is 2.37. The zero-order valence-corrected chi connectivity index (χ0v) is 16.6. The predicted molar refractivity (Wildman–Crippen MR) is 106 cm³/mol. The fourth-order valence-electron chi connectivity index (χ4n) is 3.18. The van der Waals surface area contributed by atoms with Crippen LogP contribution in [0, 0.1) is 0 Å². The van der Waals surface area contributed by atoms with Crippen LogP contribution in [-0.4, -0.2) is 52.2 Å². The minimum absolute atomic E-state index is 0.148. The molecule has 0 unspecified atom stereocenters. The number of piperidine rings is 1. The molecule has 0 spiro atoms. The van der Waals surface area contributed by atoms with Crippen LogP contribution in [0.4, 0.5) is 4.79 Å². The molecule has 1 aromatic carbocycles. The molecule has 0 N–H and O–H groups in total. The average molecular weight is 391 g/mol. The molecule has 3 rings (SSSR count). The van der Waals surface area contributed by atoms with Crippen molar-refractivity contribution in [1.82, 2.24) is 9.80 Å². The molecule has 3 amide bonds. The van der Waals surface area contributed by atoms with Crippen LogP contribution in [-0.2, 0) is 9.59 Å². The van der Waals surface area contributed by atoms with Gasteiger partial charge in [-0.05, 0) is 68.0 Å². The second-order valence-electron chi connectivity index (χ2n) is 6.47. The monoisotopic (exact) mass is 390 g/mol. The molecular weight excluding hydrogens is 368 g/mol. The van der Waals surface area contributed by atoms with Crippen molar-refractivity contribution < 1.29 is 14.4 Å². The highest BCUT2D eigenvalue weighted by atomic mass is 32.2. The highest BCUT2D eigenvalue weighted by Crippen LogP contribution is 2.32. The van der Waals surface area contributed by atoms with E-state index in [0.29, 0.717) is 11.4 Å². The maximum atomic E-state index is 12.6. The zero-order valence-electron chi connectivity index (χ0n) is 14.9. The molecule has 1 aromatic rings. The van der Waals surface area contributed by atoms with Gasteiger partial charge in [0.1, 0.15) is 6.54 Å². The van der Waals surface area contributed by atoms with Crippen LogP contribution in [0.2, 0.25) is 0 Å². The first-order valence-electron chi connectivity index (χ1n) is 8.68. The Morgan fingerprint density at radius 3 is 2.65 bits per heavy atom. The lowest BCUT2D eigenvalue weighted by atomic mass is 10.0. The molecular formula is C19H22N2O3S2.